The lowest BCUT2D eigenvalue weighted by atomic mass is 9.76. The summed E-state index contributed by atoms with van der Waals surface area (Å²) in [6.07, 6.45) is 4.51. The Kier molecular flexibility index (Phi) is 8.20. The molecule has 0 radical (unpaired) electrons. The van der Waals surface area contributed by atoms with E-state index in [4.69, 9.17) is 5.73 Å². The monoisotopic (exact) mass is 643 g/mol. The van der Waals surface area contributed by atoms with Crippen molar-refractivity contribution in [2.24, 2.45) is 0 Å². The van der Waals surface area contributed by atoms with E-state index in [0.717, 1.165) is 31.4 Å². The zero-order valence-electron chi connectivity index (χ0n) is 31.3. The number of hydrogen-bond donors (Lipinski definition) is 1. The molecule has 1 atom stereocenters. The van der Waals surface area contributed by atoms with Crippen molar-refractivity contribution < 1.29 is 0 Å². The van der Waals surface area contributed by atoms with E-state index in [0.29, 0.717) is 0 Å². The van der Waals surface area contributed by atoms with Gasteiger partial charge in [-0.25, -0.2) is 0 Å². The molecule has 248 valence electrons. The normalized spacial score (nSPS) is 18.2. The molecule has 0 saturated carbocycles. The van der Waals surface area contributed by atoms with Crippen LogP contribution in [0.3, 0.4) is 0 Å². The third kappa shape index (κ3) is 6.12. The first kappa shape index (κ1) is 34.0. The maximum absolute atomic E-state index is 6.91. The fraction of sp³-hybridized carbons (Fsp3) is 0.467. The summed E-state index contributed by atoms with van der Waals surface area (Å²) in [6, 6.07) is 29.1. The summed E-state index contributed by atoms with van der Waals surface area (Å²) < 4.78 is 0. The Hall–Kier alpha value is -2.89. The third-order valence-electron chi connectivity index (χ3n) is 11.0. The summed E-state index contributed by atoms with van der Waals surface area (Å²) in [5.74, 6) is 0. The van der Waals surface area contributed by atoms with Gasteiger partial charge in [0.25, 0.3) is 0 Å². The third-order valence-corrected chi connectivity index (χ3v) is 13.4. The first-order valence-electron chi connectivity index (χ1n) is 17.8. The molecule has 2 aliphatic carbocycles. The quantitative estimate of drug-likeness (QED) is 0.174. The summed E-state index contributed by atoms with van der Waals surface area (Å²) >= 11 is 0. The molecule has 0 bridgehead atoms. The lowest BCUT2D eigenvalue weighted by molar-refractivity contribution is 0.511. The minimum absolute atomic E-state index is 0.0177. The SMILES string of the molecule is CC(C)(C)c1cc(P(c2cc(C(C)(C)C)cc(C(C)(C)C)c2)c2cccc3c2C2(CCc4cccc(N)c42)CC3)cc(C(C)(C)C)c1. The van der Waals surface area contributed by atoms with Crippen molar-refractivity contribution in [1.29, 1.82) is 0 Å². The van der Waals surface area contributed by atoms with Gasteiger partial charge in [-0.05, 0) is 122 Å². The average molecular weight is 644 g/mol. The highest BCUT2D eigenvalue weighted by atomic mass is 31.1. The van der Waals surface area contributed by atoms with Gasteiger partial charge in [-0.2, -0.15) is 0 Å². The average Bonchev–Trinajstić information content (AvgIpc) is 3.53. The molecule has 0 heterocycles. The van der Waals surface area contributed by atoms with E-state index in [2.05, 4.69) is 156 Å². The summed E-state index contributed by atoms with van der Waals surface area (Å²) in [4.78, 5) is 0. The molecule has 0 amide bonds. The van der Waals surface area contributed by atoms with Crippen LogP contribution in [0.2, 0.25) is 0 Å². The Bertz CT molecular complexity index is 1690. The molecule has 2 heteroatoms. The second-order valence-electron chi connectivity index (χ2n) is 18.6. The van der Waals surface area contributed by atoms with Crippen LogP contribution in [0.5, 0.6) is 0 Å². The highest BCUT2D eigenvalue weighted by molar-refractivity contribution is 7.80. The Morgan fingerprint density at radius 2 is 0.894 bits per heavy atom. The zero-order valence-corrected chi connectivity index (χ0v) is 32.2. The van der Waals surface area contributed by atoms with Crippen LogP contribution < -0.4 is 21.6 Å². The van der Waals surface area contributed by atoms with Crippen LogP contribution in [0.15, 0.2) is 72.8 Å². The van der Waals surface area contributed by atoms with Gasteiger partial charge in [0.1, 0.15) is 0 Å². The van der Waals surface area contributed by atoms with E-state index in [1.165, 1.54) is 54.9 Å². The van der Waals surface area contributed by atoms with Crippen molar-refractivity contribution in [3.05, 3.63) is 117 Å². The van der Waals surface area contributed by atoms with Crippen molar-refractivity contribution in [2.45, 2.75) is 136 Å². The molecule has 1 spiro atoms. The molecule has 4 aromatic carbocycles. The maximum atomic E-state index is 6.91. The number of anilines is 1. The minimum atomic E-state index is -0.884. The van der Waals surface area contributed by atoms with Crippen molar-refractivity contribution in [3.8, 4) is 0 Å². The molecule has 0 aliphatic heterocycles. The van der Waals surface area contributed by atoms with Gasteiger partial charge in [0.05, 0.1) is 0 Å². The molecular formula is C45H58NP. The van der Waals surface area contributed by atoms with Crippen LogP contribution >= 0.6 is 7.92 Å². The lowest BCUT2D eigenvalue weighted by Crippen LogP contribution is -2.33. The molecule has 1 nitrogen and oxygen atoms in total. The van der Waals surface area contributed by atoms with Crippen molar-refractivity contribution in [2.75, 3.05) is 5.73 Å². The van der Waals surface area contributed by atoms with Crippen LogP contribution in [0.4, 0.5) is 5.69 Å². The molecule has 2 N–H and O–H groups in total. The molecule has 47 heavy (non-hydrogen) atoms. The van der Waals surface area contributed by atoms with Gasteiger partial charge in [0.15, 0.2) is 0 Å². The number of rotatable bonds is 3. The van der Waals surface area contributed by atoms with Gasteiger partial charge in [-0.1, -0.05) is 150 Å². The molecule has 0 aromatic heterocycles. The Morgan fingerprint density at radius 3 is 1.30 bits per heavy atom. The standard InChI is InChI=1S/C45H58NP/c1-41(2,3)31-23-32(42(4,5)6)26-35(25-31)47(36-27-33(43(7,8)9)24-34(28-36)44(10,11)12)38-18-14-16-30-20-22-45(40(30)38)21-19-29-15-13-17-37(46)39(29)45/h13-18,23-28H,19-22,46H2,1-12H3. The minimum Gasteiger partial charge on any atom is -0.398 e. The fourth-order valence-electron chi connectivity index (χ4n) is 8.03. The van der Waals surface area contributed by atoms with Crippen LogP contribution in [0.25, 0.3) is 0 Å². The van der Waals surface area contributed by atoms with Gasteiger partial charge in [0, 0.05) is 11.1 Å². The summed E-state index contributed by atoms with van der Waals surface area (Å²) in [6.45, 7) is 28.4. The van der Waals surface area contributed by atoms with E-state index >= 15 is 0 Å². The first-order valence-corrected chi connectivity index (χ1v) is 19.2. The predicted molar refractivity (Wildman–Crippen MR) is 208 cm³/mol. The molecule has 4 aromatic rings. The number of nitrogen functional groups attached to an aromatic ring is 1. The zero-order chi connectivity index (χ0) is 34.3. The molecule has 2 aliphatic rings. The number of hydrogen-bond acceptors (Lipinski definition) is 1. The van der Waals surface area contributed by atoms with Gasteiger partial charge < -0.3 is 5.73 Å². The highest BCUT2D eigenvalue weighted by Crippen LogP contribution is 2.56. The van der Waals surface area contributed by atoms with Gasteiger partial charge in [0.2, 0.25) is 0 Å². The van der Waals surface area contributed by atoms with E-state index in [1.807, 2.05) is 0 Å². The Balaban J connectivity index is 1.73. The van der Waals surface area contributed by atoms with Gasteiger partial charge >= 0.3 is 0 Å². The molecule has 1 unspecified atom stereocenters. The second kappa shape index (κ2) is 11.3. The molecule has 0 fully saturated rings. The number of aryl methyl sites for hydroxylation is 2. The van der Waals surface area contributed by atoms with Crippen LogP contribution in [-0.4, -0.2) is 0 Å². The molecular weight excluding hydrogens is 585 g/mol. The van der Waals surface area contributed by atoms with Crippen molar-refractivity contribution in [1.82, 2.24) is 0 Å². The van der Waals surface area contributed by atoms with Crippen LogP contribution in [-0.2, 0) is 39.9 Å². The van der Waals surface area contributed by atoms with Crippen molar-refractivity contribution in [3.63, 3.8) is 0 Å². The topological polar surface area (TPSA) is 26.0 Å². The van der Waals surface area contributed by atoms with Crippen LogP contribution in [0.1, 0.15) is 140 Å². The number of fused-ring (bicyclic) bond motifs is 4. The summed E-state index contributed by atoms with van der Waals surface area (Å²) in [5.41, 5.74) is 19.7. The van der Waals surface area contributed by atoms with Gasteiger partial charge in [-0.15, -0.1) is 0 Å². The Labute approximate surface area is 287 Å². The number of nitrogens with two attached hydrogens (primary N) is 1. The van der Waals surface area contributed by atoms with E-state index in [9.17, 15) is 0 Å². The number of benzene rings is 4. The fourth-order valence-corrected chi connectivity index (χ4v) is 10.8. The summed E-state index contributed by atoms with van der Waals surface area (Å²) in [5, 5.41) is 4.47. The summed E-state index contributed by atoms with van der Waals surface area (Å²) in [7, 11) is -0.884. The van der Waals surface area contributed by atoms with Crippen molar-refractivity contribution >= 4 is 29.5 Å². The lowest BCUT2D eigenvalue weighted by Gasteiger charge is -2.35. The van der Waals surface area contributed by atoms with Gasteiger partial charge in [-0.3, -0.25) is 0 Å². The largest absolute Gasteiger partial charge is 0.398 e. The predicted octanol–water partition coefficient (Wildman–Crippen LogP) is 10.4. The Morgan fingerprint density at radius 1 is 0.511 bits per heavy atom. The first-order chi connectivity index (χ1) is 21.7. The van der Waals surface area contributed by atoms with E-state index in [-0.39, 0.29) is 27.1 Å². The smallest absolute Gasteiger partial charge is 0.0358 e. The molecule has 0 saturated heterocycles. The van der Waals surface area contributed by atoms with E-state index < -0.39 is 7.92 Å². The molecule has 6 rings (SSSR count). The highest BCUT2D eigenvalue weighted by Gasteiger charge is 2.48. The maximum Gasteiger partial charge on any atom is 0.0358 e. The van der Waals surface area contributed by atoms with E-state index in [1.54, 1.807) is 5.56 Å². The second-order valence-corrected chi connectivity index (χ2v) is 20.8. The van der Waals surface area contributed by atoms with Crippen LogP contribution in [0, 0.1) is 0 Å².